The summed E-state index contributed by atoms with van der Waals surface area (Å²) in [5, 5.41) is 6.51. The highest BCUT2D eigenvalue weighted by Gasteiger charge is 2.04. The fourth-order valence-electron chi connectivity index (χ4n) is 1.40. The first-order valence-corrected chi connectivity index (χ1v) is 5.62. The van der Waals surface area contributed by atoms with Crippen LogP contribution in [0.2, 0.25) is 0 Å². The van der Waals surface area contributed by atoms with E-state index in [-0.39, 0.29) is 0 Å². The van der Waals surface area contributed by atoms with E-state index in [0.717, 1.165) is 31.0 Å². The van der Waals surface area contributed by atoms with Crippen molar-refractivity contribution in [3.8, 4) is 0 Å². The highest BCUT2D eigenvalue weighted by atomic mass is 15.1. The van der Waals surface area contributed by atoms with E-state index < -0.39 is 0 Å². The molecule has 0 saturated carbocycles. The van der Waals surface area contributed by atoms with E-state index in [1.165, 1.54) is 0 Å². The summed E-state index contributed by atoms with van der Waals surface area (Å²) in [7, 11) is 0. The van der Waals surface area contributed by atoms with Crippen molar-refractivity contribution in [2.24, 2.45) is 0 Å². The molecule has 0 aliphatic rings. The van der Waals surface area contributed by atoms with Gasteiger partial charge in [-0.1, -0.05) is 13.8 Å². The quantitative estimate of drug-likeness (QED) is 0.754. The molecule has 0 atom stereocenters. The Labute approximate surface area is 91.5 Å². The minimum atomic E-state index is 0.483. The zero-order chi connectivity index (χ0) is 11.1. The van der Waals surface area contributed by atoms with Gasteiger partial charge < -0.3 is 10.6 Å². The van der Waals surface area contributed by atoms with Crippen molar-refractivity contribution in [2.45, 2.75) is 39.7 Å². The first kappa shape index (κ1) is 11.8. The van der Waals surface area contributed by atoms with Gasteiger partial charge in [-0.15, -0.1) is 0 Å². The highest BCUT2D eigenvalue weighted by molar-refractivity contribution is 5.41. The lowest BCUT2D eigenvalue weighted by atomic mass is 10.2. The second-order valence-corrected chi connectivity index (χ2v) is 3.48. The zero-order valence-corrected chi connectivity index (χ0v) is 9.75. The molecule has 4 heteroatoms. The average Bonchev–Trinajstić information content (AvgIpc) is 2.27. The van der Waals surface area contributed by atoms with Crippen LogP contribution in [0.25, 0.3) is 0 Å². The molecule has 84 valence electrons. The van der Waals surface area contributed by atoms with Gasteiger partial charge in [-0.05, 0) is 19.8 Å². The molecule has 4 nitrogen and oxygen atoms in total. The normalized spacial score (nSPS) is 10.4. The molecule has 0 unspecified atom stereocenters. The lowest BCUT2D eigenvalue weighted by Crippen LogP contribution is -2.18. The molecule has 1 aromatic heterocycles. The van der Waals surface area contributed by atoms with Crippen LogP contribution in [-0.2, 0) is 0 Å². The van der Waals surface area contributed by atoms with Gasteiger partial charge in [0.1, 0.15) is 11.6 Å². The third-order valence-corrected chi connectivity index (χ3v) is 2.33. The van der Waals surface area contributed by atoms with E-state index in [1.54, 1.807) is 12.4 Å². The predicted octanol–water partition coefficient (Wildman–Crippen LogP) is 2.51. The van der Waals surface area contributed by atoms with Crippen LogP contribution in [0.5, 0.6) is 0 Å². The van der Waals surface area contributed by atoms with Crippen LogP contribution in [0.3, 0.4) is 0 Å². The Balaban J connectivity index is 2.64. The van der Waals surface area contributed by atoms with E-state index in [4.69, 9.17) is 0 Å². The summed E-state index contributed by atoms with van der Waals surface area (Å²) in [6.07, 6.45) is 5.70. The Hall–Kier alpha value is -1.32. The lowest BCUT2D eigenvalue weighted by molar-refractivity contribution is 0.668. The summed E-state index contributed by atoms with van der Waals surface area (Å²) in [6, 6.07) is 0.483. The maximum Gasteiger partial charge on any atom is 0.147 e. The Morgan fingerprint density at radius 3 is 2.40 bits per heavy atom. The summed E-state index contributed by atoms with van der Waals surface area (Å²) in [6.45, 7) is 7.25. The predicted molar refractivity (Wildman–Crippen MR) is 64.2 cm³/mol. The van der Waals surface area contributed by atoms with Gasteiger partial charge in [0.25, 0.3) is 0 Å². The molecule has 0 saturated heterocycles. The van der Waals surface area contributed by atoms with E-state index in [9.17, 15) is 0 Å². The Morgan fingerprint density at radius 2 is 1.80 bits per heavy atom. The van der Waals surface area contributed by atoms with Gasteiger partial charge in [-0.25, -0.2) is 4.98 Å². The summed E-state index contributed by atoms with van der Waals surface area (Å²) in [4.78, 5) is 8.55. The van der Waals surface area contributed by atoms with Gasteiger partial charge in [-0.3, -0.25) is 4.98 Å². The summed E-state index contributed by atoms with van der Waals surface area (Å²) < 4.78 is 0. The van der Waals surface area contributed by atoms with Gasteiger partial charge in [0.05, 0.1) is 12.4 Å². The molecule has 0 aliphatic heterocycles. The van der Waals surface area contributed by atoms with Crippen LogP contribution in [0.4, 0.5) is 11.6 Å². The third-order valence-electron chi connectivity index (χ3n) is 2.33. The van der Waals surface area contributed by atoms with Crippen LogP contribution < -0.4 is 10.6 Å². The number of aromatic nitrogens is 2. The first-order valence-electron chi connectivity index (χ1n) is 5.62. The van der Waals surface area contributed by atoms with Crippen LogP contribution in [0.1, 0.15) is 33.6 Å². The molecule has 0 aromatic carbocycles. The first-order chi connectivity index (χ1) is 7.30. The monoisotopic (exact) mass is 208 g/mol. The Bertz CT molecular complexity index is 284. The molecule has 0 radical (unpaired) electrons. The van der Waals surface area contributed by atoms with Gasteiger partial charge in [0, 0.05) is 12.6 Å². The van der Waals surface area contributed by atoms with Gasteiger partial charge in [-0.2, -0.15) is 0 Å². The van der Waals surface area contributed by atoms with Crippen molar-refractivity contribution < 1.29 is 0 Å². The molecule has 0 aliphatic carbocycles. The number of anilines is 2. The molecule has 0 fully saturated rings. The fourth-order valence-corrected chi connectivity index (χ4v) is 1.40. The molecule has 0 bridgehead atoms. The second-order valence-electron chi connectivity index (χ2n) is 3.48. The van der Waals surface area contributed by atoms with Crippen molar-refractivity contribution in [3.63, 3.8) is 0 Å². The molecular weight excluding hydrogens is 188 g/mol. The maximum absolute atomic E-state index is 4.41. The van der Waals surface area contributed by atoms with E-state index in [2.05, 4.69) is 34.4 Å². The minimum absolute atomic E-state index is 0.483. The van der Waals surface area contributed by atoms with Gasteiger partial charge in [0.2, 0.25) is 0 Å². The lowest BCUT2D eigenvalue weighted by Gasteiger charge is -2.15. The Morgan fingerprint density at radius 1 is 1.13 bits per heavy atom. The number of nitrogens with one attached hydrogen (secondary N) is 2. The number of nitrogens with zero attached hydrogens (tertiary/aromatic N) is 2. The van der Waals surface area contributed by atoms with Crippen molar-refractivity contribution in [3.05, 3.63) is 12.4 Å². The molecule has 1 rings (SSSR count). The Kier molecular flexibility index (Phi) is 4.87. The van der Waals surface area contributed by atoms with Crippen molar-refractivity contribution in [2.75, 3.05) is 17.2 Å². The number of rotatable bonds is 6. The van der Waals surface area contributed by atoms with Crippen LogP contribution in [0.15, 0.2) is 12.4 Å². The smallest absolute Gasteiger partial charge is 0.147 e. The summed E-state index contributed by atoms with van der Waals surface area (Å²) in [5.74, 6) is 1.68. The molecule has 1 heterocycles. The molecule has 15 heavy (non-hydrogen) atoms. The van der Waals surface area contributed by atoms with Crippen LogP contribution in [-0.4, -0.2) is 22.6 Å². The van der Waals surface area contributed by atoms with Crippen LogP contribution in [0, 0.1) is 0 Å². The molecular formula is C11H20N4. The van der Waals surface area contributed by atoms with E-state index in [0.29, 0.717) is 6.04 Å². The number of hydrogen-bond acceptors (Lipinski definition) is 4. The summed E-state index contributed by atoms with van der Waals surface area (Å²) in [5.41, 5.74) is 0. The number of hydrogen-bond donors (Lipinski definition) is 2. The maximum atomic E-state index is 4.41. The molecule has 1 aromatic rings. The minimum Gasteiger partial charge on any atom is -0.369 e. The molecule has 2 N–H and O–H groups in total. The van der Waals surface area contributed by atoms with Crippen molar-refractivity contribution >= 4 is 11.6 Å². The van der Waals surface area contributed by atoms with Gasteiger partial charge in [0.15, 0.2) is 0 Å². The van der Waals surface area contributed by atoms with E-state index in [1.807, 2.05) is 6.92 Å². The van der Waals surface area contributed by atoms with Gasteiger partial charge >= 0.3 is 0 Å². The molecule has 0 amide bonds. The average molecular weight is 208 g/mol. The zero-order valence-electron chi connectivity index (χ0n) is 9.75. The topological polar surface area (TPSA) is 49.8 Å². The molecule has 0 spiro atoms. The second kappa shape index (κ2) is 6.22. The third kappa shape index (κ3) is 3.73. The van der Waals surface area contributed by atoms with Crippen molar-refractivity contribution in [1.82, 2.24) is 9.97 Å². The van der Waals surface area contributed by atoms with Crippen LogP contribution >= 0.6 is 0 Å². The SMILES string of the molecule is CCNc1cncc(NC(CC)CC)n1. The largest absolute Gasteiger partial charge is 0.369 e. The highest BCUT2D eigenvalue weighted by Crippen LogP contribution is 2.10. The fraction of sp³-hybridized carbons (Fsp3) is 0.636. The summed E-state index contributed by atoms with van der Waals surface area (Å²) >= 11 is 0. The van der Waals surface area contributed by atoms with E-state index >= 15 is 0 Å². The standard InChI is InChI=1S/C11H20N4/c1-4-9(5-2)14-11-8-12-7-10(15-11)13-6-3/h7-9H,4-6H2,1-3H3,(H2,13,14,15). The van der Waals surface area contributed by atoms with Crippen molar-refractivity contribution in [1.29, 1.82) is 0 Å².